The van der Waals surface area contributed by atoms with Crippen molar-refractivity contribution in [2.24, 2.45) is 0 Å². The number of nitrogen functional groups attached to an aromatic ring is 1. The predicted octanol–water partition coefficient (Wildman–Crippen LogP) is 3.01. The SMILES string of the molecule is COC(C)CNC(=O)c1cc(N)cc(-c2ccc(C)cc2)c1. The standard InChI is InChI=1S/C18H22N2O2/c1-12-4-6-14(7-5-12)15-8-16(10-17(19)9-15)18(21)20-11-13(2)22-3/h4-10,13H,11,19H2,1-3H3,(H,20,21). The molecule has 1 atom stereocenters. The zero-order valence-corrected chi connectivity index (χ0v) is 13.2. The molecule has 1 unspecified atom stereocenters. The van der Waals surface area contributed by atoms with Crippen LogP contribution in [0.2, 0.25) is 0 Å². The van der Waals surface area contributed by atoms with Gasteiger partial charge in [-0.15, -0.1) is 0 Å². The summed E-state index contributed by atoms with van der Waals surface area (Å²) in [6.45, 7) is 4.40. The van der Waals surface area contributed by atoms with Crippen LogP contribution in [0.4, 0.5) is 5.69 Å². The normalized spacial score (nSPS) is 12.0. The Kier molecular flexibility index (Phi) is 5.17. The van der Waals surface area contributed by atoms with Crippen molar-refractivity contribution in [3.63, 3.8) is 0 Å². The van der Waals surface area contributed by atoms with Crippen molar-refractivity contribution in [2.45, 2.75) is 20.0 Å². The minimum Gasteiger partial charge on any atom is -0.399 e. The van der Waals surface area contributed by atoms with Crippen LogP contribution in [0.3, 0.4) is 0 Å². The lowest BCUT2D eigenvalue weighted by molar-refractivity contribution is 0.0870. The molecule has 4 heteroatoms. The first-order chi connectivity index (χ1) is 10.5. The highest BCUT2D eigenvalue weighted by Crippen LogP contribution is 2.24. The summed E-state index contributed by atoms with van der Waals surface area (Å²) >= 11 is 0. The third-order valence-electron chi connectivity index (χ3n) is 3.55. The highest BCUT2D eigenvalue weighted by molar-refractivity contribution is 5.96. The Morgan fingerprint density at radius 3 is 2.50 bits per heavy atom. The largest absolute Gasteiger partial charge is 0.399 e. The topological polar surface area (TPSA) is 64.3 Å². The second kappa shape index (κ2) is 7.09. The number of benzene rings is 2. The Labute approximate surface area is 131 Å². The Hall–Kier alpha value is -2.33. The second-order valence-corrected chi connectivity index (χ2v) is 5.47. The van der Waals surface area contributed by atoms with E-state index in [1.54, 1.807) is 13.2 Å². The first-order valence-corrected chi connectivity index (χ1v) is 7.28. The number of aryl methyl sites for hydroxylation is 1. The van der Waals surface area contributed by atoms with Gasteiger partial charge in [0.1, 0.15) is 0 Å². The van der Waals surface area contributed by atoms with Crippen LogP contribution in [-0.2, 0) is 4.74 Å². The number of hydrogen-bond acceptors (Lipinski definition) is 3. The van der Waals surface area contributed by atoms with E-state index >= 15 is 0 Å². The number of nitrogens with one attached hydrogen (secondary N) is 1. The Morgan fingerprint density at radius 1 is 1.18 bits per heavy atom. The Morgan fingerprint density at radius 2 is 1.86 bits per heavy atom. The van der Waals surface area contributed by atoms with E-state index in [4.69, 9.17) is 10.5 Å². The predicted molar refractivity (Wildman–Crippen MR) is 89.8 cm³/mol. The van der Waals surface area contributed by atoms with Crippen LogP contribution < -0.4 is 11.1 Å². The highest BCUT2D eigenvalue weighted by atomic mass is 16.5. The summed E-state index contributed by atoms with van der Waals surface area (Å²) < 4.78 is 5.12. The molecule has 2 aromatic rings. The molecule has 3 N–H and O–H groups in total. The molecule has 2 rings (SSSR count). The summed E-state index contributed by atoms with van der Waals surface area (Å²) in [6, 6.07) is 13.5. The molecular weight excluding hydrogens is 276 g/mol. The zero-order chi connectivity index (χ0) is 16.1. The Bertz CT molecular complexity index is 651. The summed E-state index contributed by atoms with van der Waals surface area (Å²) in [4.78, 5) is 12.2. The number of nitrogens with two attached hydrogens (primary N) is 1. The van der Waals surface area contributed by atoms with Crippen LogP contribution in [0.1, 0.15) is 22.8 Å². The minimum absolute atomic E-state index is 0.0263. The number of carbonyl (C=O) groups excluding carboxylic acids is 1. The number of amides is 1. The van der Waals surface area contributed by atoms with Gasteiger partial charge in [-0.05, 0) is 43.2 Å². The lowest BCUT2D eigenvalue weighted by Gasteiger charge is -2.12. The number of hydrogen-bond donors (Lipinski definition) is 2. The van der Waals surface area contributed by atoms with Crippen LogP contribution in [0.25, 0.3) is 11.1 Å². The van der Waals surface area contributed by atoms with Crippen LogP contribution in [0.5, 0.6) is 0 Å². The molecule has 0 radical (unpaired) electrons. The fraction of sp³-hybridized carbons (Fsp3) is 0.278. The van der Waals surface area contributed by atoms with Crippen LogP contribution in [0, 0.1) is 6.92 Å². The maximum Gasteiger partial charge on any atom is 0.251 e. The van der Waals surface area contributed by atoms with Crippen molar-refractivity contribution in [2.75, 3.05) is 19.4 Å². The molecule has 0 spiro atoms. The summed E-state index contributed by atoms with van der Waals surface area (Å²) in [6.07, 6.45) is -0.0263. The van der Waals surface area contributed by atoms with E-state index in [9.17, 15) is 4.79 Å². The molecule has 0 aliphatic rings. The van der Waals surface area contributed by atoms with E-state index in [0.717, 1.165) is 11.1 Å². The summed E-state index contributed by atoms with van der Waals surface area (Å²) in [5, 5.41) is 2.85. The molecule has 0 aromatic heterocycles. The molecule has 0 aliphatic carbocycles. The molecule has 4 nitrogen and oxygen atoms in total. The van der Waals surface area contributed by atoms with Crippen molar-refractivity contribution in [1.29, 1.82) is 0 Å². The number of ether oxygens (including phenoxy) is 1. The zero-order valence-electron chi connectivity index (χ0n) is 13.2. The quantitative estimate of drug-likeness (QED) is 0.834. The number of carbonyl (C=O) groups is 1. The number of methoxy groups -OCH3 is 1. The Balaban J connectivity index is 2.23. The van der Waals surface area contributed by atoms with E-state index < -0.39 is 0 Å². The molecule has 22 heavy (non-hydrogen) atoms. The van der Waals surface area contributed by atoms with Gasteiger partial charge in [-0.25, -0.2) is 0 Å². The third kappa shape index (κ3) is 4.09. The van der Waals surface area contributed by atoms with E-state index in [2.05, 4.69) is 5.32 Å². The van der Waals surface area contributed by atoms with Gasteiger partial charge >= 0.3 is 0 Å². The third-order valence-corrected chi connectivity index (χ3v) is 3.55. The van der Waals surface area contributed by atoms with Crippen molar-refractivity contribution in [1.82, 2.24) is 5.32 Å². The molecule has 116 valence electrons. The average Bonchev–Trinajstić information content (AvgIpc) is 2.52. The van der Waals surface area contributed by atoms with Gasteiger partial charge in [0.2, 0.25) is 0 Å². The molecule has 1 amide bonds. The molecule has 0 aliphatic heterocycles. The molecule has 0 fully saturated rings. The van der Waals surface area contributed by atoms with Crippen molar-refractivity contribution >= 4 is 11.6 Å². The molecule has 0 saturated carbocycles. The molecule has 2 aromatic carbocycles. The van der Waals surface area contributed by atoms with E-state index in [1.165, 1.54) is 5.56 Å². The van der Waals surface area contributed by atoms with Crippen molar-refractivity contribution < 1.29 is 9.53 Å². The van der Waals surface area contributed by atoms with Gasteiger partial charge in [0.25, 0.3) is 5.91 Å². The first kappa shape index (κ1) is 16.0. The van der Waals surface area contributed by atoms with Gasteiger partial charge in [0.05, 0.1) is 6.10 Å². The van der Waals surface area contributed by atoms with Gasteiger partial charge in [-0.2, -0.15) is 0 Å². The van der Waals surface area contributed by atoms with E-state index in [1.807, 2.05) is 50.2 Å². The molecule has 0 saturated heterocycles. The molecule has 0 heterocycles. The lowest BCUT2D eigenvalue weighted by atomic mass is 10.0. The van der Waals surface area contributed by atoms with Crippen molar-refractivity contribution in [3.8, 4) is 11.1 Å². The summed E-state index contributed by atoms with van der Waals surface area (Å²) in [5.41, 5.74) is 10.2. The lowest BCUT2D eigenvalue weighted by Crippen LogP contribution is -2.31. The smallest absolute Gasteiger partial charge is 0.251 e. The monoisotopic (exact) mass is 298 g/mol. The average molecular weight is 298 g/mol. The van der Waals surface area contributed by atoms with Crippen molar-refractivity contribution in [3.05, 3.63) is 53.6 Å². The van der Waals surface area contributed by atoms with Gasteiger partial charge in [-0.3, -0.25) is 4.79 Å². The van der Waals surface area contributed by atoms with Gasteiger partial charge in [0, 0.05) is 24.9 Å². The summed E-state index contributed by atoms with van der Waals surface area (Å²) in [7, 11) is 1.62. The summed E-state index contributed by atoms with van der Waals surface area (Å²) in [5.74, 6) is -0.149. The van der Waals surface area contributed by atoms with Gasteiger partial charge in [-0.1, -0.05) is 29.8 Å². The molecular formula is C18H22N2O2. The highest BCUT2D eigenvalue weighted by Gasteiger charge is 2.10. The van der Waals surface area contributed by atoms with Crippen LogP contribution in [-0.4, -0.2) is 25.7 Å². The first-order valence-electron chi connectivity index (χ1n) is 7.28. The second-order valence-electron chi connectivity index (χ2n) is 5.47. The number of rotatable bonds is 5. The molecule has 0 bridgehead atoms. The fourth-order valence-corrected chi connectivity index (χ4v) is 2.12. The fourth-order valence-electron chi connectivity index (χ4n) is 2.12. The minimum atomic E-state index is -0.149. The van der Waals surface area contributed by atoms with E-state index in [0.29, 0.717) is 17.8 Å². The maximum absolute atomic E-state index is 12.2. The van der Waals surface area contributed by atoms with Gasteiger partial charge < -0.3 is 15.8 Å². The maximum atomic E-state index is 12.2. The van der Waals surface area contributed by atoms with Gasteiger partial charge in [0.15, 0.2) is 0 Å². The van der Waals surface area contributed by atoms with E-state index in [-0.39, 0.29) is 12.0 Å². The van der Waals surface area contributed by atoms with Crippen LogP contribution >= 0.6 is 0 Å². The van der Waals surface area contributed by atoms with Crippen LogP contribution in [0.15, 0.2) is 42.5 Å². The number of anilines is 1.